The zero-order valence-electron chi connectivity index (χ0n) is 12.4. The molecule has 0 saturated heterocycles. The van der Waals surface area contributed by atoms with Crippen LogP contribution in [0.3, 0.4) is 0 Å². The monoisotopic (exact) mass is 297 g/mol. The number of amides is 1. The molecule has 0 fully saturated rings. The Hall–Kier alpha value is -1.26. The van der Waals surface area contributed by atoms with E-state index in [1.54, 1.807) is 0 Å². The number of nitrogens with one attached hydrogen (secondary N) is 1. The van der Waals surface area contributed by atoms with Gasteiger partial charge in [0.2, 0.25) is 5.91 Å². The molecule has 0 bridgehead atoms. The number of halogens is 1. The zero-order valence-corrected chi connectivity index (χ0v) is 13.2. The van der Waals surface area contributed by atoms with Crippen LogP contribution in [0.2, 0.25) is 5.02 Å². The lowest BCUT2D eigenvalue weighted by Crippen LogP contribution is -2.36. The van der Waals surface area contributed by atoms with Crippen LogP contribution in [0.25, 0.3) is 0 Å². The van der Waals surface area contributed by atoms with E-state index in [1.165, 1.54) is 0 Å². The van der Waals surface area contributed by atoms with Crippen LogP contribution in [0.1, 0.15) is 26.3 Å². The number of carbonyl (C=O) groups excluding carboxylic acids is 1. The van der Waals surface area contributed by atoms with Gasteiger partial charge in [-0.05, 0) is 30.2 Å². The first-order valence-electron chi connectivity index (χ1n) is 6.96. The Kier molecular flexibility index (Phi) is 6.82. The van der Waals surface area contributed by atoms with Crippen LogP contribution in [0.4, 0.5) is 5.69 Å². The maximum atomic E-state index is 11.2. The van der Waals surface area contributed by atoms with Crippen molar-refractivity contribution in [1.29, 1.82) is 0 Å². The van der Waals surface area contributed by atoms with Gasteiger partial charge in [-0.15, -0.1) is 0 Å². The molecule has 20 heavy (non-hydrogen) atoms. The standard InChI is InChI=1S/C15H24ClN3O/c1-4-18-8-12-5-6-13(7-14(12)16)19(9-11(2)3)10-15(17)20/h5-7,11,18H,4,8-10H2,1-3H3,(H2,17,20). The molecule has 1 amide bonds. The Morgan fingerprint density at radius 3 is 2.65 bits per heavy atom. The minimum Gasteiger partial charge on any atom is -0.368 e. The van der Waals surface area contributed by atoms with Crippen LogP contribution in [-0.2, 0) is 11.3 Å². The lowest BCUT2D eigenvalue weighted by Gasteiger charge is -2.26. The summed E-state index contributed by atoms with van der Waals surface area (Å²) >= 11 is 6.30. The summed E-state index contributed by atoms with van der Waals surface area (Å²) in [6.45, 7) is 8.89. The Morgan fingerprint density at radius 2 is 2.15 bits per heavy atom. The topological polar surface area (TPSA) is 58.4 Å². The molecule has 4 nitrogen and oxygen atoms in total. The van der Waals surface area contributed by atoms with Crippen molar-refractivity contribution in [1.82, 2.24) is 5.32 Å². The van der Waals surface area contributed by atoms with Gasteiger partial charge in [-0.2, -0.15) is 0 Å². The van der Waals surface area contributed by atoms with Gasteiger partial charge in [0.15, 0.2) is 0 Å². The molecule has 0 unspecified atom stereocenters. The number of nitrogens with zero attached hydrogens (tertiary/aromatic N) is 1. The summed E-state index contributed by atoms with van der Waals surface area (Å²) in [7, 11) is 0. The third-order valence-corrected chi connectivity index (χ3v) is 3.25. The molecule has 1 aromatic rings. The van der Waals surface area contributed by atoms with Gasteiger partial charge in [0, 0.05) is 23.8 Å². The minimum atomic E-state index is -0.335. The fraction of sp³-hybridized carbons (Fsp3) is 0.533. The summed E-state index contributed by atoms with van der Waals surface area (Å²) in [4.78, 5) is 13.2. The highest BCUT2D eigenvalue weighted by Gasteiger charge is 2.12. The van der Waals surface area contributed by atoms with Crippen LogP contribution in [0.15, 0.2) is 18.2 Å². The van der Waals surface area contributed by atoms with Crippen molar-refractivity contribution in [3.05, 3.63) is 28.8 Å². The lowest BCUT2D eigenvalue weighted by molar-refractivity contribution is -0.116. The van der Waals surface area contributed by atoms with Crippen molar-refractivity contribution in [2.24, 2.45) is 11.7 Å². The summed E-state index contributed by atoms with van der Waals surface area (Å²) in [5.74, 6) is 0.105. The van der Waals surface area contributed by atoms with Gasteiger partial charge < -0.3 is 16.0 Å². The normalized spacial score (nSPS) is 10.8. The van der Waals surface area contributed by atoms with Crippen molar-refractivity contribution in [2.45, 2.75) is 27.3 Å². The number of nitrogens with two attached hydrogens (primary N) is 1. The second kappa shape index (κ2) is 8.12. The van der Waals surface area contributed by atoms with Crippen LogP contribution in [0, 0.1) is 5.92 Å². The number of primary amides is 1. The Balaban J connectivity index is 2.90. The number of anilines is 1. The molecule has 3 N–H and O–H groups in total. The van der Waals surface area contributed by atoms with Crippen LogP contribution >= 0.6 is 11.6 Å². The van der Waals surface area contributed by atoms with E-state index < -0.39 is 0 Å². The van der Waals surface area contributed by atoms with E-state index in [0.29, 0.717) is 10.9 Å². The van der Waals surface area contributed by atoms with Crippen molar-refractivity contribution in [3.63, 3.8) is 0 Å². The Morgan fingerprint density at radius 1 is 1.45 bits per heavy atom. The highest BCUT2D eigenvalue weighted by molar-refractivity contribution is 6.31. The van der Waals surface area contributed by atoms with E-state index in [1.807, 2.05) is 23.1 Å². The molecule has 0 aliphatic rings. The summed E-state index contributed by atoms with van der Waals surface area (Å²) in [6, 6.07) is 5.89. The molecule has 1 aromatic carbocycles. The van der Waals surface area contributed by atoms with Gasteiger partial charge in [0.05, 0.1) is 6.54 Å². The third kappa shape index (κ3) is 5.39. The number of rotatable bonds is 8. The maximum Gasteiger partial charge on any atom is 0.236 e. The minimum absolute atomic E-state index is 0.209. The second-order valence-corrected chi connectivity index (χ2v) is 5.70. The molecule has 5 heteroatoms. The van der Waals surface area contributed by atoms with Gasteiger partial charge >= 0.3 is 0 Å². The molecule has 112 valence electrons. The van der Waals surface area contributed by atoms with Gasteiger partial charge in [0.25, 0.3) is 0 Å². The Bertz CT molecular complexity index is 449. The first-order chi connectivity index (χ1) is 9.43. The van der Waals surface area contributed by atoms with Crippen molar-refractivity contribution < 1.29 is 4.79 Å². The molecule has 0 aliphatic carbocycles. The molecule has 1 rings (SSSR count). The molecule has 0 saturated carbocycles. The largest absolute Gasteiger partial charge is 0.368 e. The molecule has 0 aromatic heterocycles. The number of carbonyl (C=O) groups is 1. The zero-order chi connectivity index (χ0) is 15.1. The maximum absolute atomic E-state index is 11.2. The molecular weight excluding hydrogens is 274 g/mol. The van der Waals surface area contributed by atoms with Crippen molar-refractivity contribution in [2.75, 3.05) is 24.5 Å². The molecule has 0 atom stereocenters. The molecular formula is C15H24ClN3O. The summed E-state index contributed by atoms with van der Waals surface area (Å²) in [5, 5.41) is 3.96. The SMILES string of the molecule is CCNCc1ccc(N(CC(N)=O)CC(C)C)cc1Cl. The third-order valence-electron chi connectivity index (χ3n) is 2.90. The first-order valence-corrected chi connectivity index (χ1v) is 7.34. The summed E-state index contributed by atoms with van der Waals surface area (Å²) in [5.41, 5.74) is 7.31. The van der Waals surface area contributed by atoms with E-state index in [-0.39, 0.29) is 12.5 Å². The van der Waals surface area contributed by atoms with E-state index in [2.05, 4.69) is 26.1 Å². The molecule has 0 radical (unpaired) electrons. The van der Waals surface area contributed by atoms with Crippen molar-refractivity contribution in [3.8, 4) is 0 Å². The smallest absolute Gasteiger partial charge is 0.236 e. The van der Waals surface area contributed by atoms with E-state index >= 15 is 0 Å². The summed E-state index contributed by atoms with van der Waals surface area (Å²) in [6.07, 6.45) is 0. The Labute approximate surface area is 126 Å². The fourth-order valence-electron chi connectivity index (χ4n) is 2.03. The fourth-order valence-corrected chi connectivity index (χ4v) is 2.27. The number of hydrogen-bond acceptors (Lipinski definition) is 3. The molecule has 0 spiro atoms. The van der Waals surface area contributed by atoms with Gasteiger partial charge in [-0.25, -0.2) is 0 Å². The average molecular weight is 298 g/mol. The van der Waals surface area contributed by atoms with Crippen LogP contribution < -0.4 is 16.0 Å². The van der Waals surface area contributed by atoms with Crippen LogP contribution in [-0.4, -0.2) is 25.5 Å². The predicted molar refractivity (Wildman–Crippen MR) is 85.1 cm³/mol. The number of benzene rings is 1. The van der Waals surface area contributed by atoms with Gasteiger partial charge in [-0.1, -0.05) is 38.4 Å². The van der Waals surface area contributed by atoms with Gasteiger partial charge in [-0.3, -0.25) is 4.79 Å². The highest BCUT2D eigenvalue weighted by Crippen LogP contribution is 2.24. The van der Waals surface area contributed by atoms with E-state index in [4.69, 9.17) is 17.3 Å². The lowest BCUT2D eigenvalue weighted by atomic mass is 10.1. The first kappa shape index (κ1) is 16.8. The second-order valence-electron chi connectivity index (χ2n) is 5.30. The van der Waals surface area contributed by atoms with Crippen LogP contribution in [0.5, 0.6) is 0 Å². The molecule has 0 heterocycles. The average Bonchev–Trinajstić information content (AvgIpc) is 2.35. The predicted octanol–water partition coefficient (Wildman–Crippen LogP) is 2.40. The van der Waals surface area contributed by atoms with Gasteiger partial charge in [0.1, 0.15) is 0 Å². The quantitative estimate of drug-likeness (QED) is 0.774. The number of hydrogen-bond donors (Lipinski definition) is 2. The summed E-state index contributed by atoms with van der Waals surface area (Å²) < 4.78 is 0. The van der Waals surface area contributed by atoms with E-state index in [9.17, 15) is 4.79 Å². The highest BCUT2D eigenvalue weighted by atomic mass is 35.5. The molecule has 0 aliphatic heterocycles. The van der Waals surface area contributed by atoms with Crippen molar-refractivity contribution >= 4 is 23.2 Å². The van der Waals surface area contributed by atoms with E-state index in [0.717, 1.165) is 30.9 Å².